The number of carbonyl (C=O) groups is 2. The highest BCUT2D eigenvalue weighted by molar-refractivity contribution is 5.82. The predicted octanol–water partition coefficient (Wildman–Crippen LogP) is 3.61. The Bertz CT molecular complexity index is 574. The third-order valence-corrected chi connectivity index (χ3v) is 3.92. The summed E-state index contributed by atoms with van der Waals surface area (Å²) in [6.07, 6.45) is 0.808. The van der Waals surface area contributed by atoms with Gasteiger partial charge in [0, 0.05) is 0 Å². The Morgan fingerprint density at radius 1 is 1.13 bits per heavy atom. The molecule has 1 heterocycles. The van der Waals surface area contributed by atoms with Crippen LogP contribution in [-0.2, 0) is 14.3 Å². The predicted molar refractivity (Wildman–Crippen MR) is 87.0 cm³/mol. The molecule has 0 aromatic heterocycles. The number of esters is 1. The minimum absolute atomic E-state index is 0.172. The van der Waals surface area contributed by atoms with E-state index in [-0.39, 0.29) is 6.04 Å². The van der Waals surface area contributed by atoms with Crippen LogP contribution in [0.1, 0.15) is 50.8 Å². The molecule has 1 saturated heterocycles. The smallest absolute Gasteiger partial charge is 0.411 e. The number of amides is 1. The molecule has 1 fully saturated rings. The van der Waals surface area contributed by atoms with E-state index in [0.717, 1.165) is 11.1 Å². The lowest BCUT2D eigenvalue weighted by molar-refractivity contribution is -0.146. The monoisotopic (exact) mass is 319 g/mol. The largest absolute Gasteiger partial charge is 0.467 e. The fourth-order valence-electron chi connectivity index (χ4n) is 2.86. The number of methoxy groups -OCH3 is 1. The average Bonchev–Trinajstić information content (AvgIpc) is 2.90. The summed E-state index contributed by atoms with van der Waals surface area (Å²) in [7, 11) is 1.34. The van der Waals surface area contributed by atoms with Crippen molar-refractivity contribution in [1.29, 1.82) is 0 Å². The highest BCUT2D eigenvalue weighted by Crippen LogP contribution is 2.37. The molecule has 2 rings (SSSR count). The van der Waals surface area contributed by atoms with Crippen LogP contribution >= 0.6 is 0 Å². The van der Waals surface area contributed by atoms with Crippen molar-refractivity contribution in [2.75, 3.05) is 7.11 Å². The van der Waals surface area contributed by atoms with Gasteiger partial charge in [0.2, 0.25) is 0 Å². The van der Waals surface area contributed by atoms with Gasteiger partial charge in [0.25, 0.3) is 0 Å². The second-order valence-corrected chi connectivity index (χ2v) is 6.93. The molecule has 126 valence electrons. The zero-order chi connectivity index (χ0) is 17.2. The van der Waals surface area contributed by atoms with Crippen molar-refractivity contribution in [1.82, 2.24) is 4.90 Å². The van der Waals surface area contributed by atoms with Gasteiger partial charge in [-0.25, -0.2) is 9.59 Å². The van der Waals surface area contributed by atoms with Crippen LogP contribution in [-0.4, -0.2) is 35.7 Å². The van der Waals surface area contributed by atoms with Crippen molar-refractivity contribution in [3.8, 4) is 0 Å². The maximum atomic E-state index is 12.6. The fraction of sp³-hybridized carbons (Fsp3) is 0.556. The molecule has 1 amide bonds. The summed E-state index contributed by atoms with van der Waals surface area (Å²) in [5.41, 5.74) is 1.55. The van der Waals surface area contributed by atoms with Crippen molar-refractivity contribution in [2.24, 2.45) is 0 Å². The lowest BCUT2D eigenvalue weighted by atomic mass is 10.0. The van der Waals surface area contributed by atoms with E-state index in [1.54, 1.807) is 0 Å². The number of ether oxygens (including phenoxy) is 2. The Kier molecular flexibility index (Phi) is 4.97. The second kappa shape index (κ2) is 6.60. The van der Waals surface area contributed by atoms with Crippen LogP contribution in [0.25, 0.3) is 0 Å². The quantitative estimate of drug-likeness (QED) is 0.781. The number of nitrogens with zero attached hydrogens (tertiary/aromatic N) is 1. The van der Waals surface area contributed by atoms with Crippen LogP contribution in [0.5, 0.6) is 0 Å². The first-order valence-electron chi connectivity index (χ1n) is 7.88. The number of aryl methyl sites for hydroxylation is 1. The standard InChI is InChI=1S/C18H25NO4/c1-12-6-8-13(9-7-12)14-10-11-15(16(20)22-5)19(14)17(21)23-18(2,3)4/h6-9,14-15H,10-11H2,1-5H3/t14-,15+/m1/s1. The van der Waals surface area contributed by atoms with Gasteiger partial charge < -0.3 is 9.47 Å². The topological polar surface area (TPSA) is 55.8 Å². The van der Waals surface area contributed by atoms with E-state index < -0.39 is 23.7 Å². The molecule has 5 heteroatoms. The highest BCUT2D eigenvalue weighted by Gasteiger charge is 2.44. The van der Waals surface area contributed by atoms with Crippen LogP contribution in [0.2, 0.25) is 0 Å². The molecule has 0 aliphatic carbocycles. The van der Waals surface area contributed by atoms with Crippen molar-refractivity contribution < 1.29 is 19.1 Å². The zero-order valence-electron chi connectivity index (χ0n) is 14.5. The fourth-order valence-corrected chi connectivity index (χ4v) is 2.86. The van der Waals surface area contributed by atoms with E-state index in [0.29, 0.717) is 12.8 Å². The molecular weight excluding hydrogens is 294 g/mol. The number of benzene rings is 1. The Hall–Kier alpha value is -2.04. The summed E-state index contributed by atoms with van der Waals surface area (Å²) in [4.78, 5) is 26.2. The summed E-state index contributed by atoms with van der Waals surface area (Å²) >= 11 is 0. The van der Waals surface area contributed by atoms with Crippen molar-refractivity contribution in [2.45, 2.75) is 58.2 Å². The minimum atomic E-state index is -0.613. The first kappa shape index (κ1) is 17.3. The van der Waals surface area contributed by atoms with E-state index in [1.165, 1.54) is 12.0 Å². The minimum Gasteiger partial charge on any atom is -0.467 e. The van der Waals surface area contributed by atoms with Gasteiger partial charge in [-0.05, 0) is 46.1 Å². The van der Waals surface area contributed by atoms with E-state index in [4.69, 9.17) is 9.47 Å². The Morgan fingerprint density at radius 3 is 2.26 bits per heavy atom. The second-order valence-electron chi connectivity index (χ2n) is 6.93. The normalized spacial score (nSPS) is 21.2. The first-order valence-corrected chi connectivity index (χ1v) is 7.88. The van der Waals surface area contributed by atoms with Gasteiger partial charge in [-0.1, -0.05) is 29.8 Å². The molecule has 0 radical (unpaired) electrons. The van der Waals surface area contributed by atoms with E-state index >= 15 is 0 Å². The molecule has 1 aromatic rings. The molecule has 0 N–H and O–H groups in total. The van der Waals surface area contributed by atoms with Crippen LogP contribution in [0.3, 0.4) is 0 Å². The SMILES string of the molecule is COC(=O)[C@@H]1CC[C@H](c2ccc(C)cc2)N1C(=O)OC(C)(C)C. The molecule has 2 atom stereocenters. The van der Waals surface area contributed by atoms with Gasteiger partial charge in [0.1, 0.15) is 11.6 Å². The summed E-state index contributed by atoms with van der Waals surface area (Å²) in [6.45, 7) is 7.46. The molecule has 5 nitrogen and oxygen atoms in total. The lowest BCUT2D eigenvalue weighted by Crippen LogP contribution is -2.44. The molecule has 23 heavy (non-hydrogen) atoms. The Morgan fingerprint density at radius 2 is 1.74 bits per heavy atom. The van der Waals surface area contributed by atoms with E-state index in [2.05, 4.69) is 0 Å². The summed E-state index contributed by atoms with van der Waals surface area (Å²) in [5.74, 6) is -0.398. The van der Waals surface area contributed by atoms with Gasteiger partial charge in [-0.15, -0.1) is 0 Å². The average molecular weight is 319 g/mol. The maximum Gasteiger partial charge on any atom is 0.411 e. The molecule has 1 aromatic carbocycles. The van der Waals surface area contributed by atoms with Crippen LogP contribution < -0.4 is 0 Å². The van der Waals surface area contributed by atoms with Gasteiger partial charge >= 0.3 is 12.1 Å². The van der Waals surface area contributed by atoms with Crippen molar-refractivity contribution in [3.05, 3.63) is 35.4 Å². The van der Waals surface area contributed by atoms with Crippen LogP contribution in [0.15, 0.2) is 24.3 Å². The van der Waals surface area contributed by atoms with Crippen LogP contribution in [0.4, 0.5) is 4.79 Å². The number of carbonyl (C=O) groups excluding carboxylic acids is 2. The molecule has 1 aliphatic heterocycles. The summed E-state index contributed by atoms with van der Waals surface area (Å²) < 4.78 is 10.4. The molecule has 0 bridgehead atoms. The summed E-state index contributed by atoms with van der Waals surface area (Å²) in [6, 6.07) is 7.24. The lowest BCUT2D eigenvalue weighted by Gasteiger charge is -2.31. The van der Waals surface area contributed by atoms with Gasteiger partial charge in [-0.3, -0.25) is 4.90 Å². The molecule has 0 unspecified atom stereocenters. The number of rotatable bonds is 2. The van der Waals surface area contributed by atoms with Gasteiger partial charge in [-0.2, -0.15) is 0 Å². The first-order chi connectivity index (χ1) is 10.7. The maximum absolute atomic E-state index is 12.6. The third-order valence-electron chi connectivity index (χ3n) is 3.92. The number of hydrogen-bond acceptors (Lipinski definition) is 4. The van der Waals surface area contributed by atoms with Crippen molar-refractivity contribution >= 4 is 12.1 Å². The Balaban J connectivity index is 2.31. The van der Waals surface area contributed by atoms with E-state index in [9.17, 15) is 9.59 Å². The van der Waals surface area contributed by atoms with Crippen LogP contribution in [0, 0.1) is 6.92 Å². The Labute approximate surface area is 137 Å². The van der Waals surface area contributed by atoms with E-state index in [1.807, 2.05) is 52.0 Å². The third kappa shape index (κ3) is 4.03. The zero-order valence-corrected chi connectivity index (χ0v) is 14.5. The molecular formula is C18H25NO4. The van der Waals surface area contributed by atoms with Crippen molar-refractivity contribution in [3.63, 3.8) is 0 Å². The summed E-state index contributed by atoms with van der Waals surface area (Å²) in [5, 5.41) is 0. The highest BCUT2D eigenvalue weighted by atomic mass is 16.6. The number of hydrogen-bond donors (Lipinski definition) is 0. The van der Waals surface area contributed by atoms with Gasteiger partial charge in [0.15, 0.2) is 0 Å². The molecule has 0 spiro atoms. The number of likely N-dealkylation sites (tertiary alicyclic amines) is 1. The molecule has 1 aliphatic rings. The molecule has 0 saturated carbocycles. The van der Waals surface area contributed by atoms with Gasteiger partial charge in [0.05, 0.1) is 13.2 Å².